The molecule has 0 fully saturated rings. The number of thiazole rings is 1. The van der Waals surface area contributed by atoms with Crippen molar-refractivity contribution < 1.29 is 22.7 Å². The van der Waals surface area contributed by atoms with Crippen LogP contribution in [0.4, 0.5) is 29.7 Å². The summed E-state index contributed by atoms with van der Waals surface area (Å²) in [5.41, 5.74) is 0.0915. The van der Waals surface area contributed by atoms with E-state index in [0.29, 0.717) is 11.7 Å². The van der Waals surface area contributed by atoms with Gasteiger partial charge >= 0.3 is 6.18 Å². The normalized spacial score (nSPS) is 11.1. The summed E-state index contributed by atoms with van der Waals surface area (Å²) in [6.45, 7) is 2.47. The van der Waals surface area contributed by atoms with Crippen LogP contribution in [0.15, 0.2) is 53.9 Å². The molecule has 0 atom stereocenters. The Balaban J connectivity index is 1.65. The van der Waals surface area contributed by atoms with Crippen LogP contribution in [0.2, 0.25) is 0 Å². The first-order chi connectivity index (χ1) is 13.3. The van der Waals surface area contributed by atoms with Crippen LogP contribution in [0.1, 0.15) is 23.0 Å². The largest absolute Gasteiger partial charge is 0.494 e. The number of hydrogen-bond acceptors (Lipinski definition) is 5. The number of carbonyl (C=O) groups excluding carboxylic acids is 1. The molecule has 0 saturated heterocycles. The Kier molecular flexibility index (Phi) is 5.84. The van der Waals surface area contributed by atoms with Crippen molar-refractivity contribution in [3.63, 3.8) is 0 Å². The Morgan fingerprint density at radius 1 is 1.14 bits per heavy atom. The van der Waals surface area contributed by atoms with Gasteiger partial charge in [-0.15, -0.1) is 11.3 Å². The average molecular weight is 407 g/mol. The van der Waals surface area contributed by atoms with Crippen LogP contribution in [0, 0.1) is 0 Å². The van der Waals surface area contributed by atoms with Crippen molar-refractivity contribution in [2.45, 2.75) is 13.1 Å². The lowest BCUT2D eigenvalue weighted by Gasteiger charge is -2.09. The molecule has 0 saturated carbocycles. The molecule has 28 heavy (non-hydrogen) atoms. The first kappa shape index (κ1) is 19.7. The number of alkyl halides is 3. The number of anilines is 3. The average Bonchev–Trinajstić information content (AvgIpc) is 3.12. The highest BCUT2D eigenvalue weighted by Gasteiger charge is 2.30. The molecule has 1 heterocycles. The van der Waals surface area contributed by atoms with Crippen molar-refractivity contribution >= 4 is 33.8 Å². The lowest BCUT2D eigenvalue weighted by Crippen LogP contribution is -2.13. The molecule has 5 nitrogen and oxygen atoms in total. The third kappa shape index (κ3) is 5.01. The van der Waals surface area contributed by atoms with E-state index in [0.717, 1.165) is 23.6 Å². The maximum Gasteiger partial charge on any atom is 0.416 e. The highest BCUT2D eigenvalue weighted by atomic mass is 32.1. The van der Waals surface area contributed by atoms with E-state index in [4.69, 9.17) is 4.74 Å². The van der Waals surface area contributed by atoms with Crippen LogP contribution in [-0.4, -0.2) is 17.5 Å². The molecule has 0 spiro atoms. The summed E-state index contributed by atoms with van der Waals surface area (Å²) in [5, 5.41) is 7.51. The smallest absolute Gasteiger partial charge is 0.416 e. The van der Waals surface area contributed by atoms with E-state index in [1.807, 2.05) is 19.1 Å². The molecule has 0 aliphatic heterocycles. The van der Waals surface area contributed by atoms with Gasteiger partial charge in [-0.25, -0.2) is 4.98 Å². The van der Waals surface area contributed by atoms with Gasteiger partial charge < -0.3 is 15.4 Å². The minimum Gasteiger partial charge on any atom is -0.494 e. The Bertz CT molecular complexity index is 956. The van der Waals surface area contributed by atoms with Crippen molar-refractivity contribution in [2.75, 3.05) is 17.2 Å². The minimum atomic E-state index is -4.48. The maximum absolute atomic E-state index is 12.8. The van der Waals surface area contributed by atoms with Crippen LogP contribution < -0.4 is 15.4 Å². The quantitative estimate of drug-likeness (QED) is 0.562. The summed E-state index contributed by atoms with van der Waals surface area (Å²) in [4.78, 5) is 16.4. The second-order valence-electron chi connectivity index (χ2n) is 5.65. The fraction of sp³-hybridized carbons (Fsp3) is 0.158. The van der Waals surface area contributed by atoms with E-state index in [1.54, 1.807) is 12.1 Å². The van der Waals surface area contributed by atoms with Gasteiger partial charge in [0.15, 0.2) is 5.13 Å². The number of rotatable bonds is 6. The fourth-order valence-corrected chi connectivity index (χ4v) is 3.04. The van der Waals surface area contributed by atoms with Gasteiger partial charge in [0.25, 0.3) is 5.91 Å². The molecule has 3 aromatic rings. The molecule has 0 radical (unpaired) electrons. The first-order valence-corrected chi connectivity index (χ1v) is 9.17. The number of carbonyl (C=O) groups is 1. The molecule has 0 aliphatic rings. The number of aromatic nitrogens is 1. The van der Waals surface area contributed by atoms with Gasteiger partial charge in [0.2, 0.25) is 0 Å². The van der Waals surface area contributed by atoms with Crippen LogP contribution in [0.3, 0.4) is 0 Å². The van der Waals surface area contributed by atoms with Gasteiger partial charge in [0.05, 0.1) is 12.2 Å². The van der Waals surface area contributed by atoms with Gasteiger partial charge in [-0.2, -0.15) is 13.2 Å². The summed E-state index contributed by atoms with van der Waals surface area (Å²) in [7, 11) is 0. The summed E-state index contributed by atoms with van der Waals surface area (Å²) >= 11 is 1.21. The summed E-state index contributed by atoms with van der Waals surface area (Å²) in [6.07, 6.45) is -4.48. The van der Waals surface area contributed by atoms with E-state index < -0.39 is 17.6 Å². The van der Waals surface area contributed by atoms with Crippen molar-refractivity contribution in [1.29, 1.82) is 0 Å². The Morgan fingerprint density at radius 2 is 1.89 bits per heavy atom. The van der Waals surface area contributed by atoms with Crippen LogP contribution in [0.5, 0.6) is 5.75 Å². The molecule has 9 heteroatoms. The lowest BCUT2D eigenvalue weighted by molar-refractivity contribution is -0.137. The number of halogens is 3. The number of ether oxygens (including phenoxy) is 1. The molecular formula is C19H16F3N3O2S. The van der Waals surface area contributed by atoms with Gasteiger partial charge in [0, 0.05) is 16.8 Å². The monoisotopic (exact) mass is 407 g/mol. The van der Waals surface area contributed by atoms with E-state index in [1.165, 1.54) is 28.8 Å². The summed E-state index contributed by atoms with van der Waals surface area (Å²) in [6, 6.07) is 11.7. The molecular weight excluding hydrogens is 391 g/mol. The van der Waals surface area contributed by atoms with Crippen molar-refractivity contribution in [1.82, 2.24) is 4.98 Å². The number of nitrogens with one attached hydrogen (secondary N) is 2. The molecule has 2 aromatic carbocycles. The highest BCUT2D eigenvalue weighted by molar-refractivity contribution is 7.14. The van der Waals surface area contributed by atoms with E-state index in [9.17, 15) is 18.0 Å². The molecule has 1 aromatic heterocycles. The number of benzene rings is 2. The van der Waals surface area contributed by atoms with E-state index in [2.05, 4.69) is 15.6 Å². The number of amides is 1. The van der Waals surface area contributed by atoms with Crippen LogP contribution in [-0.2, 0) is 6.18 Å². The topological polar surface area (TPSA) is 63.2 Å². The molecule has 0 unspecified atom stereocenters. The number of nitrogens with zero attached hydrogens (tertiary/aromatic N) is 1. The standard InChI is InChI=1S/C19H16F3N3O2S/c1-2-27-15-8-6-13(7-9-15)24-18-25-16(11-28-18)17(26)23-14-5-3-4-12(10-14)19(20,21)22/h3-11H,2H2,1H3,(H,23,26)(H,24,25). The van der Waals surface area contributed by atoms with Crippen molar-refractivity contribution in [2.24, 2.45) is 0 Å². The predicted octanol–water partition coefficient (Wildman–Crippen LogP) is 5.56. The molecule has 0 aliphatic carbocycles. The zero-order chi connectivity index (χ0) is 20.1. The van der Waals surface area contributed by atoms with Crippen molar-refractivity contribution in [3.05, 3.63) is 65.2 Å². The van der Waals surface area contributed by atoms with Crippen LogP contribution >= 0.6 is 11.3 Å². The number of hydrogen-bond donors (Lipinski definition) is 2. The van der Waals surface area contributed by atoms with Gasteiger partial charge in [-0.3, -0.25) is 4.79 Å². The predicted molar refractivity (Wildman–Crippen MR) is 102 cm³/mol. The molecule has 0 bridgehead atoms. The third-order valence-electron chi connectivity index (χ3n) is 3.60. The Morgan fingerprint density at radius 3 is 2.57 bits per heavy atom. The van der Waals surface area contributed by atoms with E-state index >= 15 is 0 Å². The Hall–Kier alpha value is -3.07. The summed E-state index contributed by atoms with van der Waals surface area (Å²) in [5.74, 6) is 0.156. The molecule has 2 N–H and O–H groups in total. The van der Waals surface area contributed by atoms with E-state index in [-0.39, 0.29) is 11.4 Å². The lowest BCUT2D eigenvalue weighted by atomic mass is 10.2. The van der Waals surface area contributed by atoms with Gasteiger partial charge in [-0.05, 0) is 49.4 Å². The van der Waals surface area contributed by atoms with Gasteiger partial charge in [0.1, 0.15) is 11.4 Å². The highest BCUT2D eigenvalue weighted by Crippen LogP contribution is 2.31. The van der Waals surface area contributed by atoms with Crippen LogP contribution in [0.25, 0.3) is 0 Å². The first-order valence-electron chi connectivity index (χ1n) is 8.29. The fourth-order valence-electron chi connectivity index (χ4n) is 2.33. The Labute approximate surface area is 163 Å². The second-order valence-corrected chi connectivity index (χ2v) is 6.51. The van der Waals surface area contributed by atoms with Crippen molar-refractivity contribution in [3.8, 4) is 5.75 Å². The molecule has 3 rings (SSSR count). The zero-order valence-electron chi connectivity index (χ0n) is 14.7. The molecule has 1 amide bonds. The second kappa shape index (κ2) is 8.30. The zero-order valence-corrected chi connectivity index (χ0v) is 15.5. The maximum atomic E-state index is 12.8. The molecule has 146 valence electrons. The SMILES string of the molecule is CCOc1ccc(Nc2nc(C(=O)Nc3cccc(C(F)(F)F)c3)cs2)cc1. The minimum absolute atomic E-state index is 0.0499. The third-order valence-corrected chi connectivity index (χ3v) is 4.36. The van der Waals surface area contributed by atoms with Gasteiger partial charge in [-0.1, -0.05) is 6.07 Å². The summed E-state index contributed by atoms with van der Waals surface area (Å²) < 4.78 is 43.7.